The van der Waals surface area contributed by atoms with Crippen LogP contribution in [-0.4, -0.2) is 33.3 Å². The summed E-state index contributed by atoms with van der Waals surface area (Å²) in [6.45, 7) is 8.86. The molecule has 0 radical (unpaired) electrons. The van der Waals surface area contributed by atoms with E-state index in [4.69, 9.17) is 0 Å². The SMILES string of the molecule is CCCn1ccnc1CC(C)(O)CCNCC. The number of aliphatic hydroxyl groups is 1. The molecule has 1 aromatic heterocycles. The van der Waals surface area contributed by atoms with Crippen molar-refractivity contribution in [3.63, 3.8) is 0 Å². The van der Waals surface area contributed by atoms with Crippen LogP contribution in [0.1, 0.15) is 39.4 Å². The summed E-state index contributed by atoms with van der Waals surface area (Å²) < 4.78 is 2.13. The van der Waals surface area contributed by atoms with Crippen LogP contribution < -0.4 is 5.32 Å². The molecule has 1 rings (SSSR count). The van der Waals surface area contributed by atoms with Gasteiger partial charge in [0.1, 0.15) is 5.82 Å². The average molecular weight is 239 g/mol. The molecule has 0 aliphatic rings. The molecular formula is C13H25N3O. The van der Waals surface area contributed by atoms with Crippen molar-refractivity contribution in [2.75, 3.05) is 13.1 Å². The van der Waals surface area contributed by atoms with Crippen molar-refractivity contribution in [1.29, 1.82) is 0 Å². The Hall–Kier alpha value is -0.870. The zero-order valence-corrected chi connectivity index (χ0v) is 11.2. The normalized spacial score (nSPS) is 14.8. The number of nitrogens with one attached hydrogen (secondary N) is 1. The molecule has 0 amide bonds. The lowest BCUT2D eigenvalue weighted by atomic mass is 9.97. The van der Waals surface area contributed by atoms with Crippen molar-refractivity contribution in [2.24, 2.45) is 0 Å². The molecule has 17 heavy (non-hydrogen) atoms. The molecule has 1 atom stereocenters. The molecule has 0 saturated heterocycles. The third kappa shape index (κ3) is 4.88. The highest BCUT2D eigenvalue weighted by Gasteiger charge is 2.22. The third-order valence-electron chi connectivity index (χ3n) is 2.90. The van der Waals surface area contributed by atoms with E-state index in [1.807, 2.05) is 19.3 Å². The molecule has 1 unspecified atom stereocenters. The maximum absolute atomic E-state index is 10.3. The summed E-state index contributed by atoms with van der Waals surface area (Å²) in [5.41, 5.74) is -0.682. The predicted molar refractivity (Wildman–Crippen MR) is 70.0 cm³/mol. The molecule has 0 aromatic carbocycles. The minimum absolute atomic E-state index is 0.616. The second-order valence-electron chi connectivity index (χ2n) is 4.81. The van der Waals surface area contributed by atoms with Crippen LogP contribution in [0.25, 0.3) is 0 Å². The van der Waals surface area contributed by atoms with Gasteiger partial charge in [0.2, 0.25) is 0 Å². The summed E-state index contributed by atoms with van der Waals surface area (Å²) in [7, 11) is 0. The minimum Gasteiger partial charge on any atom is -0.390 e. The van der Waals surface area contributed by atoms with Crippen molar-refractivity contribution in [2.45, 2.75) is 52.2 Å². The number of aryl methyl sites for hydroxylation is 1. The fourth-order valence-corrected chi connectivity index (χ4v) is 1.92. The van der Waals surface area contributed by atoms with E-state index in [1.54, 1.807) is 0 Å². The highest BCUT2D eigenvalue weighted by atomic mass is 16.3. The van der Waals surface area contributed by atoms with E-state index >= 15 is 0 Å². The molecule has 98 valence electrons. The summed E-state index contributed by atoms with van der Waals surface area (Å²) >= 11 is 0. The number of hydrogen-bond acceptors (Lipinski definition) is 3. The molecule has 2 N–H and O–H groups in total. The van der Waals surface area contributed by atoms with Gasteiger partial charge in [-0.25, -0.2) is 4.98 Å². The summed E-state index contributed by atoms with van der Waals surface area (Å²) in [4.78, 5) is 4.33. The quantitative estimate of drug-likeness (QED) is 0.677. The standard InChI is InChI=1S/C13H25N3O/c1-4-9-16-10-8-15-12(16)11-13(3,17)6-7-14-5-2/h8,10,14,17H,4-7,9,11H2,1-3H3. The van der Waals surface area contributed by atoms with Crippen LogP contribution in [0.5, 0.6) is 0 Å². The van der Waals surface area contributed by atoms with Crippen LogP contribution in [0.15, 0.2) is 12.4 Å². The maximum Gasteiger partial charge on any atom is 0.111 e. The summed E-state index contributed by atoms with van der Waals surface area (Å²) in [5, 5.41) is 13.5. The Balaban J connectivity index is 2.52. The fourth-order valence-electron chi connectivity index (χ4n) is 1.92. The smallest absolute Gasteiger partial charge is 0.111 e. The van der Waals surface area contributed by atoms with Crippen LogP contribution in [0.2, 0.25) is 0 Å². The van der Waals surface area contributed by atoms with Gasteiger partial charge in [0.25, 0.3) is 0 Å². The number of imidazole rings is 1. The molecule has 0 bridgehead atoms. The molecular weight excluding hydrogens is 214 g/mol. The van der Waals surface area contributed by atoms with Crippen LogP contribution in [0, 0.1) is 0 Å². The summed E-state index contributed by atoms with van der Waals surface area (Å²) in [5.74, 6) is 0.980. The Kier molecular flexibility index (Phi) is 5.65. The van der Waals surface area contributed by atoms with Crippen molar-refractivity contribution in [3.8, 4) is 0 Å². The van der Waals surface area contributed by atoms with Crippen molar-refractivity contribution in [3.05, 3.63) is 18.2 Å². The van der Waals surface area contributed by atoms with Crippen LogP contribution >= 0.6 is 0 Å². The van der Waals surface area contributed by atoms with E-state index < -0.39 is 5.60 Å². The summed E-state index contributed by atoms with van der Waals surface area (Å²) in [6, 6.07) is 0. The molecule has 4 nitrogen and oxygen atoms in total. The first-order valence-corrected chi connectivity index (χ1v) is 6.52. The van der Waals surface area contributed by atoms with Gasteiger partial charge in [-0.3, -0.25) is 0 Å². The minimum atomic E-state index is -0.682. The van der Waals surface area contributed by atoms with Gasteiger partial charge in [-0.2, -0.15) is 0 Å². The molecule has 1 aromatic rings. The van der Waals surface area contributed by atoms with Crippen LogP contribution in [-0.2, 0) is 13.0 Å². The molecule has 1 heterocycles. The highest BCUT2D eigenvalue weighted by molar-refractivity contribution is 4.97. The molecule has 4 heteroatoms. The average Bonchev–Trinajstić information content (AvgIpc) is 2.66. The molecule has 0 saturated carbocycles. The van der Waals surface area contributed by atoms with Gasteiger partial charge in [-0.15, -0.1) is 0 Å². The molecule has 0 spiro atoms. The van der Waals surface area contributed by atoms with E-state index in [-0.39, 0.29) is 0 Å². The second kappa shape index (κ2) is 6.77. The highest BCUT2D eigenvalue weighted by Crippen LogP contribution is 2.15. The number of nitrogens with zero attached hydrogens (tertiary/aromatic N) is 2. The van der Waals surface area contributed by atoms with Gasteiger partial charge in [0.15, 0.2) is 0 Å². The third-order valence-corrected chi connectivity index (χ3v) is 2.90. The fraction of sp³-hybridized carbons (Fsp3) is 0.769. The lowest BCUT2D eigenvalue weighted by Gasteiger charge is -2.23. The lowest BCUT2D eigenvalue weighted by Crippen LogP contribution is -2.33. The van der Waals surface area contributed by atoms with Gasteiger partial charge in [0, 0.05) is 25.4 Å². The van der Waals surface area contributed by atoms with Crippen molar-refractivity contribution < 1.29 is 5.11 Å². The largest absolute Gasteiger partial charge is 0.390 e. The van der Waals surface area contributed by atoms with Crippen molar-refractivity contribution in [1.82, 2.24) is 14.9 Å². The van der Waals surface area contributed by atoms with Gasteiger partial charge in [-0.05, 0) is 32.9 Å². The molecule has 0 aliphatic carbocycles. The van der Waals surface area contributed by atoms with E-state index in [9.17, 15) is 5.11 Å². The lowest BCUT2D eigenvalue weighted by molar-refractivity contribution is 0.0488. The van der Waals surface area contributed by atoms with E-state index in [2.05, 4.69) is 28.7 Å². The first kappa shape index (κ1) is 14.2. The first-order valence-electron chi connectivity index (χ1n) is 6.52. The Morgan fingerprint density at radius 1 is 1.47 bits per heavy atom. The molecule has 0 aliphatic heterocycles. The van der Waals surface area contributed by atoms with Crippen LogP contribution in [0.4, 0.5) is 0 Å². The van der Waals surface area contributed by atoms with E-state index in [0.717, 1.165) is 38.3 Å². The monoisotopic (exact) mass is 239 g/mol. The predicted octanol–water partition coefficient (Wildman–Crippen LogP) is 1.59. The topological polar surface area (TPSA) is 50.1 Å². The van der Waals surface area contributed by atoms with E-state index in [1.165, 1.54) is 0 Å². The van der Waals surface area contributed by atoms with Gasteiger partial charge in [0.05, 0.1) is 5.60 Å². The Morgan fingerprint density at radius 3 is 2.88 bits per heavy atom. The Morgan fingerprint density at radius 2 is 2.24 bits per heavy atom. The van der Waals surface area contributed by atoms with Gasteiger partial charge >= 0.3 is 0 Å². The first-order chi connectivity index (χ1) is 8.09. The second-order valence-corrected chi connectivity index (χ2v) is 4.81. The van der Waals surface area contributed by atoms with Crippen LogP contribution in [0.3, 0.4) is 0 Å². The Labute approximate surface area is 104 Å². The van der Waals surface area contributed by atoms with Gasteiger partial charge in [-0.1, -0.05) is 13.8 Å². The summed E-state index contributed by atoms with van der Waals surface area (Å²) in [6.07, 6.45) is 6.25. The maximum atomic E-state index is 10.3. The zero-order valence-electron chi connectivity index (χ0n) is 11.2. The van der Waals surface area contributed by atoms with Crippen molar-refractivity contribution >= 4 is 0 Å². The zero-order chi connectivity index (χ0) is 12.7. The number of hydrogen-bond donors (Lipinski definition) is 2. The number of aromatic nitrogens is 2. The number of rotatable bonds is 8. The molecule has 0 fully saturated rings. The van der Waals surface area contributed by atoms with Gasteiger partial charge < -0.3 is 15.0 Å². The van der Waals surface area contributed by atoms with E-state index in [0.29, 0.717) is 6.42 Å². The Bertz CT molecular complexity index is 320.